The van der Waals surface area contributed by atoms with E-state index in [2.05, 4.69) is 52.5 Å². The lowest BCUT2D eigenvalue weighted by Gasteiger charge is -2.32. The highest BCUT2D eigenvalue weighted by molar-refractivity contribution is 9.10. The van der Waals surface area contributed by atoms with Gasteiger partial charge in [-0.1, -0.05) is 41.8 Å². The second-order valence-electron chi connectivity index (χ2n) is 5.57. The van der Waals surface area contributed by atoms with E-state index in [-0.39, 0.29) is 0 Å². The molecule has 19 heavy (non-hydrogen) atoms. The second kappa shape index (κ2) is 7.67. The van der Waals surface area contributed by atoms with Gasteiger partial charge in [0.15, 0.2) is 0 Å². The van der Waals surface area contributed by atoms with Gasteiger partial charge in [0.25, 0.3) is 0 Å². The van der Waals surface area contributed by atoms with Crippen LogP contribution in [0.3, 0.4) is 0 Å². The van der Waals surface area contributed by atoms with Crippen LogP contribution in [0.1, 0.15) is 32.6 Å². The Hall–Kier alpha value is -0.0300. The number of nitrogens with two attached hydrogens (primary N) is 1. The molecule has 106 valence electrons. The molecule has 0 heterocycles. The van der Waals surface area contributed by atoms with Crippen molar-refractivity contribution in [2.75, 3.05) is 5.75 Å². The van der Waals surface area contributed by atoms with Crippen molar-refractivity contribution in [2.24, 2.45) is 17.7 Å². The summed E-state index contributed by atoms with van der Waals surface area (Å²) in [5, 5.41) is 0. The van der Waals surface area contributed by atoms with E-state index in [1.165, 1.54) is 30.6 Å². The first-order valence-electron chi connectivity index (χ1n) is 7.03. The van der Waals surface area contributed by atoms with Crippen LogP contribution in [-0.2, 0) is 0 Å². The standard InChI is InChI=1S/C15H23BrN2S/c1-11-4-2-5-12(8-11)15(18-17)10-19-14-7-3-6-13(16)9-14/h3,6-7,9,11-12,15,18H,2,4-5,8,10,17H2,1H3. The molecule has 1 aromatic carbocycles. The van der Waals surface area contributed by atoms with Gasteiger partial charge < -0.3 is 0 Å². The van der Waals surface area contributed by atoms with Crippen molar-refractivity contribution in [3.63, 3.8) is 0 Å². The van der Waals surface area contributed by atoms with Gasteiger partial charge >= 0.3 is 0 Å². The number of hydrazine groups is 1. The van der Waals surface area contributed by atoms with E-state index in [4.69, 9.17) is 5.84 Å². The lowest BCUT2D eigenvalue weighted by molar-refractivity contribution is 0.235. The zero-order valence-electron chi connectivity index (χ0n) is 11.4. The van der Waals surface area contributed by atoms with Crippen molar-refractivity contribution in [3.8, 4) is 0 Å². The zero-order chi connectivity index (χ0) is 13.7. The van der Waals surface area contributed by atoms with E-state index in [1.54, 1.807) is 0 Å². The van der Waals surface area contributed by atoms with Crippen LogP contribution in [0.4, 0.5) is 0 Å². The fraction of sp³-hybridized carbons (Fsp3) is 0.600. The van der Waals surface area contributed by atoms with E-state index < -0.39 is 0 Å². The molecule has 3 atom stereocenters. The fourth-order valence-electron chi connectivity index (χ4n) is 2.91. The first-order valence-corrected chi connectivity index (χ1v) is 8.81. The predicted molar refractivity (Wildman–Crippen MR) is 87.1 cm³/mol. The Morgan fingerprint density at radius 3 is 3.00 bits per heavy atom. The molecule has 0 saturated heterocycles. The smallest absolute Gasteiger partial charge is 0.0332 e. The van der Waals surface area contributed by atoms with Crippen molar-refractivity contribution >= 4 is 27.7 Å². The Morgan fingerprint density at radius 2 is 2.32 bits per heavy atom. The largest absolute Gasteiger partial charge is 0.271 e. The molecule has 1 aliphatic rings. The lowest BCUT2D eigenvalue weighted by Crippen LogP contribution is -2.44. The van der Waals surface area contributed by atoms with Crippen molar-refractivity contribution in [1.29, 1.82) is 0 Å². The summed E-state index contributed by atoms with van der Waals surface area (Å²) in [6.45, 7) is 2.36. The van der Waals surface area contributed by atoms with E-state index in [9.17, 15) is 0 Å². The third-order valence-electron chi connectivity index (χ3n) is 3.99. The van der Waals surface area contributed by atoms with E-state index in [1.807, 2.05) is 11.8 Å². The van der Waals surface area contributed by atoms with Gasteiger partial charge in [0.2, 0.25) is 0 Å². The summed E-state index contributed by atoms with van der Waals surface area (Å²) in [6.07, 6.45) is 5.37. The quantitative estimate of drug-likeness (QED) is 0.478. The van der Waals surface area contributed by atoms with Crippen LogP contribution in [0.15, 0.2) is 33.6 Å². The minimum absolute atomic E-state index is 0.423. The Labute approximate surface area is 129 Å². The number of hydrogen-bond acceptors (Lipinski definition) is 3. The molecule has 0 aliphatic heterocycles. The molecule has 2 nitrogen and oxygen atoms in total. The molecule has 1 saturated carbocycles. The number of thioether (sulfide) groups is 1. The van der Waals surface area contributed by atoms with Gasteiger partial charge in [0.1, 0.15) is 0 Å². The summed E-state index contributed by atoms with van der Waals surface area (Å²) in [5.41, 5.74) is 3.04. The van der Waals surface area contributed by atoms with Crippen LogP contribution in [0.25, 0.3) is 0 Å². The van der Waals surface area contributed by atoms with Crippen molar-refractivity contribution in [2.45, 2.75) is 43.5 Å². The first kappa shape index (κ1) is 15.4. The van der Waals surface area contributed by atoms with Crippen LogP contribution >= 0.6 is 27.7 Å². The SMILES string of the molecule is CC1CCCC(C(CSc2cccc(Br)c2)NN)C1. The predicted octanol–water partition coefficient (Wildman–Crippen LogP) is 4.20. The molecule has 4 heteroatoms. The fourth-order valence-corrected chi connectivity index (χ4v) is 4.59. The molecule has 0 amide bonds. The van der Waals surface area contributed by atoms with Crippen LogP contribution in [0.2, 0.25) is 0 Å². The van der Waals surface area contributed by atoms with Crippen LogP contribution in [-0.4, -0.2) is 11.8 Å². The highest BCUT2D eigenvalue weighted by atomic mass is 79.9. The van der Waals surface area contributed by atoms with Gasteiger partial charge in [-0.15, -0.1) is 11.8 Å². The molecule has 1 fully saturated rings. The highest BCUT2D eigenvalue weighted by Gasteiger charge is 2.25. The maximum Gasteiger partial charge on any atom is 0.0332 e. The van der Waals surface area contributed by atoms with Crippen LogP contribution < -0.4 is 11.3 Å². The third kappa shape index (κ3) is 4.78. The summed E-state index contributed by atoms with van der Waals surface area (Å²) in [4.78, 5) is 1.30. The summed E-state index contributed by atoms with van der Waals surface area (Å²) >= 11 is 5.41. The van der Waals surface area contributed by atoms with Crippen molar-refractivity contribution < 1.29 is 0 Å². The van der Waals surface area contributed by atoms with Crippen LogP contribution in [0.5, 0.6) is 0 Å². The van der Waals surface area contributed by atoms with Gasteiger partial charge in [-0.05, 0) is 42.9 Å². The van der Waals surface area contributed by atoms with Gasteiger partial charge in [-0.2, -0.15) is 0 Å². The molecular weight excluding hydrogens is 320 g/mol. The zero-order valence-corrected chi connectivity index (χ0v) is 13.8. The maximum absolute atomic E-state index is 5.77. The monoisotopic (exact) mass is 342 g/mol. The summed E-state index contributed by atoms with van der Waals surface area (Å²) < 4.78 is 1.14. The first-order chi connectivity index (χ1) is 9.19. The molecular formula is C15H23BrN2S. The highest BCUT2D eigenvalue weighted by Crippen LogP contribution is 2.33. The Kier molecular flexibility index (Phi) is 6.20. The van der Waals surface area contributed by atoms with Gasteiger partial charge in [-0.25, -0.2) is 0 Å². The van der Waals surface area contributed by atoms with Crippen molar-refractivity contribution in [1.82, 2.24) is 5.43 Å². The topological polar surface area (TPSA) is 38.0 Å². The summed E-state index contributed by atoms with van der Waals surface area (Å²) in [6, 6.07) is 8.89. The molecule has 3 N–H and O–H groups in total. The minimum atomic E-state index is 0.423. The minimum Gasteiger partial charge on any atom is -0.271 e. The number of nitrogens with one attached hydrogen (secondary N) is 1. The van der Waals surface area contributed by atoms with E-state index >= 15 is 0 Å². The van der Waals surface area contributed by atoms with Gasteiger partial charge in [0, 0.05) is 21.2 Å². The van der Waals surface area contributed by atoms with Gasteiger partial charge in [-0.3, -0.25) is 11.3 Å². The Bertz CT molecular complexity index is 399. The summed E-state index contributed by atoms with van der Waals surface area (Å²) in [7, 11) is 0. The Balaban J connectivity index is 1.88. The molecule has 0 spiro atoms. The van der Waals surface area contributed by atoms with Crippen molar-refractivity contribution in [3.05, 3.63) is 28.7 Å². The third-order valence-corrected chi connectivity index (χ3v) is 5.59. The molecule has 0 radical (unpaired) electrons. The Morgan fingerprint density at radius 1 is 1.47 bits per heavy atom. The van der Waals surface area contributed by atoms with Gasteiger partial charge in [0.05, 0.1) is 0 Å². The number of halogens is 1. The van der Waals surface area contributed by atoms with Crippen LogP contribution in [0, 0.1) is 11.8 Å². The van der Waals surface area contributed by atoms with E-state index in [0.29, 0.717) is 6.04 Å². The number of hydrogen-bond donors (Lipinski definition) is 2. The maximum atomic E-state index is 5.77. The second-order valence-corrected chi connectivity index (χ2v) is 7.58. The molecule has 1 aromatic rings. The lowest BCUT2D eigenvalue weighted by atomic mass is 9.79. The average molecular weight is 343 g/mol. The number of benzene rings is 1. The molecule has 0 aromatic heterocycles. The molecule has 1 aliphatic carbocycles. The summed E-state index contributed by atoms with van der Waals surface area (Å²) in [5.74, 6) is 8.40. The normalized spacial score (nSPS) is 25.2. The molecule has 2 rings (SSSR count). The molecule has 3 unspecified atom stereocenters. The average Bonchev–Trinajstić information content (AvgIpc) is 2.40. The van der Waals surface area contributed by atoms with E-state index in [0.717, 1.165) is 22.1 Å². The number of rotatable bonds is 5. The molecule has 0 bridgehead atoms.